The Kier molecular flexibility index (Phi) is 3.46. The second kappa shape index (κ2) is 5.05. The summed E-state index contributed by atoms with van der Waals surface area (Å²) < 4.78 is 0. The third-order valence-electron chi connectivity index (χ3n) is 2.78. The van der Waals surface area contributed by atoms with Crippen molar-refractivity contribution >= 4 is 23.5 Å². The normalized spacial score (nSPS) is 18.9. The summed E-state index contributed by atoms with van der Waals surface area (Å²) in [5.41, 5.74) is 6.52. The minimum atomic E-state index is -0.695. The molecular formula is C12H14N4O3. The number of nitrogens with two attached hydrogens (primary N) is 1. The molecule has 19 heavy (non-hydrogen) atoms. The zero-order chi connectivity index (χ0) is 14.0. The number of piperidine rings is 1. The van der Waals surface area contributed by atoms with Crippen LogP contribution in [-0.4, -0.2) is 28.7 Å². The highest BCUT2D eigenvalue weighted by Gasteiger charge is 2.28. The third-order valence-corrected chi connectivity index (χ3v) is 2.78. The van der Waals surface area contributed by atoms with Crippen LogP contribution in [0.25, 0.3) is 0 Å². The first-order valence-corrected chi connectivity index (χ1v) is 5.84. The van der Waals surface area contributed by atoms with Gasteiger partial charge in [-0.05, 0) is 25.5 Å². The monoisotopic (exact) mass is 262 g/mol. The van der Waals surface area contributed by atoms with Crippen LogP contribution in [0.1, 0.15) is 28.9 Å². The zero-order valence-corrected chi connectivity index (χ0v) is 10.4. The number of anilines is 1. The van der Waals surface area contributed by atoms with E-state index in [4.69, 9.17) is 5.73 Å². The molecule has 1 fully saturated rings. The van der Waals surface area contributed by atoms with Gasteiger partial charge in [-0.15, -0.1) is 0 Å². The molecular weight excluding hydrogens is 248 g/mol. The van der Waals surface area contributed by atoms with Crippen molar-refractivity contribution in [3.8, 4) is 0 Å². The van der Waals surface area contributed by atoms with Gasteiger partial charge in [-0.3, -0.25) is 19.7 Å². The van der Waals surface area contributed by atoms with Crippen LogP contribution >= 0.6 is 0 Å². The number of pyridine rings is 1. The fraction of sp³-hybridized carbons (Fsp3) is 0.333. The lowest BCUT2D eigenvalue weighted by atomic mass is 10.1. The van der Waals surface area contributed by atoms with Gasteiger partial charge >= 0.3 is 0 Å². The van der Waals surface area contributed by atoms with Gasteiger partial charge < -0.3 is 11.1 Å². The number of nitrogens with one attached hydrogen (secondary N) is 2. The number of nitrogens with zero attached hydrogens (tertiary/aromatic N) is 1. The maximum atomic E-state index is 12.0. The summed E-state index contributed by atoms with van der Waals surface area (Å²) in [7, 11) is 0. The summed E-state index contributed by atoms with van der Waals surface area (Å²) >= 11 is 0. The molecule has 1 aliphatic heterocycles. The molecule has 0 aromatic carbocycles. The van der Waals surface area contributed by atoms with Crippen molar-refractivity contribution in [3.63, 3.8) is 0 Å². The molecule has 0 bridgehead atoms. The number of aromatic nitrogens is 1. The molecule has 1 aromatic heterocycles. The van der Waals surface area contributed by atoms with Crippen LogP contribution in [0, 0.1) is 6.92 Å². The molecule has 1 saturated heterocycles. The average Bonchev–Trinajstić information content (AvgIpc) is 2.31. The lowest BCUT2D eigenvalue weighted by Gasteiger charge is -2.21. The van der Waals surface area contributed by atoms with E-state index in [2.05, 4.69) is 15.6 Å². The second-order valence-electron chi connectivity index (χ2n) is 4.40. The van der Waals surface area contributed by atoms with Crippen LogP contribution in [0.3, 0.4) is 0 Å². The van der Waals surface area contributed by atoms with Gasteiger partial charge in [0.25, 0.3) is 5.91 Å². The Morgan fingerprint density at radius 1 is 1.47 bits per heavy atom. The predicted molar refractivity (Wildman–Crippen MR) is 67.0 cm³/mol. The summed E-state index contributed by atoms with van der Waals surface area (Å²) in [4.78, 5) is 38.5. The van der Waals surface area contributed by atoms with Crippen molar-refractivity contribution in [2.75, 3.05) is 5.73 Å². The number of aryl methyl sites for hydroxylation is 1. The first-order chi connectivity index (χ1) is 8.95. The van der Waals surface area contributed by atoms with Gasteiger partial charge in [-0.2, -0.15) is 0 Å². The van der Waals surface area contributed by atoms with Gasteiger partial charge in [0.1, 0.15) is 11.9 Å². The van der Waals surface area contributed by atoms with Crippen molar-refractivity contribution in [2.24, 2.45) is 0 Å². The topological polar surface area (TPSA) is 114 Å². The Morgan fingerprint density at radius 2 is 2.21 bits per heavy atom. The molecule has 3 amide bonds. The molecule has 1 aliphatic rings. The Morgan fingerprint density at radius 3 is 2.84 bits per heavy atom. The van der Waals surface area contributed by atoms with Crippen molar-refractivity contribution in [2.45, 2.75) is 25.8 Å². The highest BCUT2D eigenvalue weighted by Crippen LogP contribution is 2.09. The summed E-state index contributed by atoms with van der Waals surface area (Å²) in [6.45, 7) is 1.72. The van der Waals surface area contributed by atoms with E-state index >= 15 is 0 Å². The van der Waals surface area contributed by atoms with E-state index in [1.54, 1.807) is 13.0 Å². The molecule has 100 valence electrons. The lowest BCUT2D eigenvalue weighted by molar-refractivity contribution is -0.134. The van der Waals surface area contributed by atoms with Crippen LogP contribution in [0.15, 0.2) is 12.1 Å². The molecule has 0 aliphatic carbocycles. The van der Waals surface area contributed by atoms with Crippen LogP contribution < -0.4 is 16.4 Å². The van der Waals surface area contributed by atoms with E-state index in [-0.39, 0.29) is 18.1 Å². The van der Waals surface area contributed by atoms with Gasteiger partial charge in [0, 0.05) is 17.7 Å². The Bertz CT molecular complexity index is 536. The number of amides is 3. The summed E-state index contributed by atoms with van der Waals surface area (Å²) in [5.74, 6) is -0.969. The summed E-state index contributed by atoms with van der Waals surface area (Å²) in [5, 5.41) is 4.75. The van der Waals surface area contributed by atoms with Crippen molar-refractivity contribution < 1.29 is 14.4 Å². The number of carbonyl (C=O) groups is 3. The van der Waals surface area contributed by atoms with Crippen LogP contribution in [-0.2, 0) is 9.59 Å². The standard InChI is InChI=1S/C12H14N4O3/c1-6-4-7(5-9(13)14-6)11(18)15-8-2-3-10(17)16-12(8)19/h4-5,8H,2-3H2,1H3,(H2,13,14)(H,15,18)(H,16,17,19). The number of imide groups is 1. The third kappa shape index (κ3) is 3.06. The fourth-order valence-electron chi connectivity index (χ4n) is 1.90. The second-order valence-corrected chi connectivity index (χ2v) is 4.40. The molecule has 0 radical (unpaired) electrons. The Balaban J connectivity index is 2.08. The maximum Gasteiger partial charge on any atom is 0.252 e. The molecule has 7 nitrogen and oxygen atoms in total. The number of carbonyl (C=O) groups excluding carboxylic acids is 3. The van der Waals surface area contributed by atoms with Crippen LogP contribution in [0.5, 0.6) is 0 Å². The largest absolute Gasteiger partial charge is 0.384 e. The number of hydrogen-bond donors (Lipinski definition) is 3. The van der Waals surface area contributed by atoms with Crippen LogP contribution in [0.4, 0.5) is 5.82 Å². The first-order valence-electron chi connectivity index (χ1n) is 5.84. The van der Waals surface area contributed by atoms with E-state index < -0.39 is 17.9 Å². The van der Waals surface area contributed by atoms with Gasteiger partial charge in [0.15, 0.2) is 0 Å². The van der Waals surface area contributed by atoms with Gasteiger partial charge in [-0.25, -0.2) is 4.98 Å². The average molecular weight is 262 g/mol. The van der Waals surface area contributed by atoms with E-state index in [1.807, 2.05) is 0 Å². The molecule has 2 rings (SSSR count). The molecule has 0 saturated carbocycles. The van der Waals surface area contributed by atoms with Crippen molar-refractivity contribution in [1.82, 2.24) is 15.6 Å². The molecule has 0 spiro atoms. The van der Waals surface area contributed by atoms with Gasteiger partial charge in [0.2, 0.25) is 11.8 Å². The lowest BCUT2D eigenvalue weighted by Crippen LogP contribution is -2.52. The molecule has 7 heteroatoms. The van der Waals surface area contributed by atoms with E-state index in [0.717, 1.165) is 0 Å². The number of nitrogen functional groups attached to an aromatic ring is 1. The van der Waals surface area contributed by atoms with Gasteiger partial charge in [-0.1, -0.05) is 0 Å². The molecule has 1 atom stereocenters. The maximum absolute atomic E-state index is 12.0. The highest BCUT2D eigenvalue weighted by molar-refractivity contribution is 6.03. The number of hydrogen-bond acceptors (Lipinski definition) is 5. The molecule has 1 aromatic rings. The quantitative estimate of drug-likeness (QED) is 0.622. The Hall–Kier alpha value is -2.44. The smallest absolute Gasteiger partial charge is 0.252 e. The first kappa shape index (κ1) is 13.0. The summed E-state index contributed by atoms with van der Waals surface area (Å²) in [6, 6.07) is 2.33. The molecule has 2 heterocycles. The highest BCUT2D eigenvalue weighted by atomic mass is 16.2. The van der Waals surface area contributed by atoms with Gasteiger partial charge in [0.05, 0.1) is 0 Å². The van der Waals surface area contributed by atoms with E-state index in [9.17, 15) is 14.4 Å². The predicted octanol–water partition coefficient (Wildman–Crippen LogP) is -0.493. The van der Waals surface area contributed by atoms with Crippen molar-refractivity contribution in [3.05, 3.63) is 23.4 Å². The molecule has 4 N–H and O–H groups in total. The fourth-order valence-corrected chi connectivity index (χ4v) is 1.90. The minimum absolute atomic E-state index is 0.216. The Labute approximate surface area is 109 Å². The summed E-state index contributed by atoms with van der Waals surface area (Å²) in [6.07, 6.45) is 0.518. The number of rotatable bonds is 2. The SMILES string of the molecule is Cc1cc(C(=O)NC2CCC(=O)NC2=O)cc(N)n1. The van der Waals surface area contributed by atoms with Crippen LogP contribution in [0.2, 0.25) is 0 Å². The van der Waals surface area contributed by atoms with Crippen molar-refractivity contribution in [1.29, 1.82) is 0 Å². The van der Waals surface area contributed by atoms with E-state index in [1.165, 1.54) is 6.07 Å². The molecule has 1 unspecified atom stereocenters. The van der Waals surface area contributed by atoms with E-state index in [0.29, 0.717) is 17.7 Å². The zero-order valence-electron chi connectivity index (χ0n) is 10.4. The minimum Gasteiger partial charge on any atom is -0.384 e.